The molecule has 0 saturated heterocycles. The smallest absolute Gasteiger partial charge is 0.0562 e. The van der Waals surface area contributed by atoms with Crippen LogP contribution in [0.1, 0.15) is 25.3 Å². The van der Waals surface area contributed by atoms with Gasteiger partial charge in [-0.2, -0.15) is 0 Å². The number of para-hydroxylation sites is 3. The Kier molecular flexibility index (Phi) is 8.28. The van der Waals surface area contributed by atoms with Crippen molar-refractivity contribution in [3.05, 3.63) is 212 Å². The van der Waals surface area contributed by atoms with Crippen LogP contribution in [-0.4, -0.2) is 13.7 Å². The molecule has 3 heterocycles. The second-order valence-electron chi connectivity index (χ2n) is 16.4. The molecule has 0 amide bonds. The first-order valence-corrected chi connectivity index (χ1v) is 21.6. The van der Waals surface area contributed by atoms with E-state index in [-0.39, 0.29) is 0 Å². The highest BCUT2D eigenvalue weighted by molar-refractivity contribution is 6.17. The second kappa shape index (κ2) is 14.3. The van der Waals surface area contributed by atoms with E-state index in [2.05, 4.69) is 227 Å². The van der Waals surface area contributed by atoms with Crippen molar-refractivity contribution in [2.45, 2.75) is 26.2 Å². The Morgan fingerprint density at radius 2 is 0.820 bits per heavy atom. The van der Waals surface area contributed by atoms with Gasteiger partial charge in [0.05, 0.1) is 38.8 Å². The van der Waals surface area contributed by atoms with Gasteiger partial charge in [0.25, 0.3) is 0 Å². The summed E-state index contributed by atoms with van der Waals surface area (Å²) in [7, 11) is 0. The summed E-state index contributed by atoms with van der Waals surface area (Å²) in [5.41, 5.74) is 17.1. The Labute approximate surface area is 355 Å². The zero-order chi connectivity index (χ0) is 40.4. The van der Waals surface area contributed by atoms with Gasteiger partial charge in [-0.1, -0.05) is 141 Å². The number of aryl methyl sites for hydroxylation is 1. The molecular formula is C58H43N3. The van der Waals surface area contributed by atoms with Crippen molar-refractivity contribution in [2.24, 2.45) is 0 Å². The molecule has 12 aromatic rings. The van der Waals surface area contributed by atoms with Gasteiger partial charge in [0.1, 0.15) is 0 Å². The van der Waals surface area contributed by atoms with Gasteiger partial charge in [-0.25, -0.2) is 0 Å². The summed E-state index contributed by atoms with van der Waals surface area (Å²) in [5.74, 6) is 0. The third kappa shape index (κ3) is 5.65. The summed E-state index contributed by atoms with van der Waals surface area (Å²) in [5, 5.41) is 7.52. The monoisotopic (exact) mass is 781 g/mol. The van der Waals surface area contributed by atoms with Crippen molar-refractivity contribution in [2.75, 3.05) is 0 Å². The predicted molar refractivity (Wildman–Crippen MR) is 259 cm³/mol. The molecule has 0 bridgehead atoms. The minimum Gasteiger partial charge on any atom is -0.309 e. The summed E-state index contributed by atoms with van der Waals surface area (Å²) in [6.07, 6.45) is 3.48. The normalized spacial score (nSPS) is 11.9. The molecule has 0 radical (unpaired) electrons. The fourth-order valence-electron chi connectivity index (χ4n) is 9.99. The van der Waals surface area contributed by atoms with Gasteiger partial charge in [0.2, 0.25) is 0 Å². The number of unbranched alkanes of at least 4 members (excludes halogenated alkanes) is 1. The van der Waals surface area contributed by atoms with Gasteiger partial charge in [0, 0.05) is 43.7 Å². The van der Waals surface area contributed by atoms with E-state index < -0.39 is 0 Å². The van der Waals surface area contributed by atoms with E-state index in [0.29, 0.717) is 0 Å². The summed E-state index contributed by atoms with van der Waals surface area (Å²) in [4.78, 5) is 0. The Hall–Kier alpha value is -7.62. The average molecular weight is 782 g/mol. The van der Waals surface area contributed by atoms with Crippen molar-refractivity contribution in [3.8, 4) is 39.3 Å². The molecule has 0 fully saturated rings. The van der Waals surface area contributed by atoms with E-state index in [4.69, 9.17) is 0 Å². The Morgan fingerprint density at radius 3 is 1.52 bits per heavy atom. The van der Waals surface area contributed by atoms with Crippen molar-refractivity contribution < 1.29 is 0 Å². The van der Waals surface area contributed by atoms with Crippen molar-refractivity contribution in [1.82, 2.24) is 13.7 Å². The number of benzene rings is 9. The number of aromatic nitrogens is 3. The van der Waals surface area contributed by atoms with Gasteiger partial charge < -0.3 is 13.7 Å². The first-order chi connectivity index (χ1) is 30.2. The number of fused-ring (bicyclic) bond motifs is 9. The average Bonchev–Trinajstić information content (AvgIpc) is 3.97. The first kappa shape index (κ1) is 35.3. The maximum Gasteiger partial charge on any atom is 0.0562 e. The number of hydrogen-bond acceptors (Lipinski definition) is 0. The highest BCUT2D eigenvalue weighted by atomic mass is 15.0. The predicted octanol–water partition coefficient (Wildman–Crippen LogP) is 15.7. The van der Waals surface area contributed by atoms with E-state index in [0.717, 1.165) is 12.1 Å². The molecule has 0 aliphatic heterocycles. The van der Waals surface area contributed by atoms with Crippen molar-refractivity contribution in [1.29, 1.82) is 0 Å². The molecular weight excluding hydrogens is 739 g/mol. The second-order valence-corrected chi connectivity index (χ2v) is 16.4. The standard InChI is InChI=1S/C58H43N3/c1-2-3-16-39-17-13-21-44(35-39)60-53-28-12-9-25-48(53)58-56(60)29-15-30-57(58)61-52-27-11-8-24-47(52)50-38-43(32-34-55(50)61)42-31-33-54-49(37-42)46-23-7-10-26-51(46)59(54)45-22-14-20-41(36-45)40-18-5-4-6-19-40/h4-15,17-38H,2-3,16H2,1H3. The lowest BCUT2D eigenvalue weighted by atomic mass is 10.0. The first-order valence-electron chi connectivity index (χ1n) is 21.6. The lowest BCUT2D eigenvalue weighted by Crippen LogP contribution is -1.97. The molecule has 3 aromatic heterocycles. The maximum absolute atomic E-state index is 2.49. The highest BCUT2D eigenvalue weighted by Gasteiger charge is 2.21. The van der Waals surface area contributed by atoms with Gasteiger partial charge in [0.15, 0.2) is 0 Å². The Morgan fingerprint density at radius 1 is 0.328 bits per heavy atom. The fourth-order valence-corrected chi connectivity index (χ4v) is 9.99. The van der Waals surface area contributed by atoms with Crippen LogP contribution in [0.4, 0.5) is 0 Å². The van der Waals surface area contributed by atoms with E-state index in [1.54, 1.807) is 0 Å². The number of hydrogen-bond donors (Lipinski definition) is 0. The molecule has 290 valence electrons. The van der Waals surface area contributed by atoms with E-state index in [1.807, 2.05) is 0 Å². The van der Waals surface area contributed by atoms with Crippen LogP contribution in [-0.2, 0) is 6.42 Å². The summed E-state index contributed by atoms with van der Waals surface area (Å²) in [6.45, 7) is 2.26. The van der Waals surface area contributed by atoms with Crippen LogP contribution in [0.3, 0.4) is 0 Å². The zero-order valence-electron chi connectivity index (χ0n) is 34.1. The van der Waals surface area contributed by atoms with Crippen molar-refractivity contribution in [3.63, 3.8) is 0 Å². The van der Waals surface area contributed by atoms with Gasteiger partial charge in [-0.15, -0.1) is 0 Å². The topological polar surface area (TPSA) is 14.8 Å². The minimum atomic E-state index is 1.09. The van der Waals surface area contributed by atoms with Crippen molar-refractivity contribution >= 4 is 65.4 Å². The molecule has 3 nitrogen and oxygen atoms in total. The van der Waals surface area contributed by atoms with Crippen LogP contribution in [0, 0.1) is 0 Å². The maximum atomic E-state index is 2.49. The largest absolute Gasteiger partial charge is 0.309 e. The summed E-state index contributed by atoms with van der Waals surface area (Å²) < 4.78 is 7.37. The molecule has 0 N–H and O–H groups in total. The fraction of sp³-hybridized carbons (Fsp3) is 0.0690. The van der Waals surface area contributed by atoms with Gasteiger partial charge in [-0.3, -0.25) is 0 Å². The van der Waals surface area contributed by atoms with Gasteiger partial charge >= 0.3 is 0 Å². The summed E-state index contributed by atoms with van der Waals surface area (Å²) >= 11 is 0. The third-order valence-electron chi connectivity index (χ3n) is 12.8. The number of nitrogens with zero attached hydrogens (tertiary/aromatic N) is 3. The zero-order valence-corrected chi connectivity index (χ0v) is 34.1. The molecule has 0 aliphatic carbocycles. The third-order valence-corrected chi connectivity index (χ3v) is 12.8. The molecule has 12 rings (SSSR count). The minimum absolute atomic E-state index is 1.09. The number of rotatable bonds is 8. The van der Waals surface area contributed by atoms with E-state index in [1.165, 1.54) is 117 Å². The van der Waals surface area contributed by atoms with Crippen LogP contribution >= 0.6 is 0 Å². The quantitative estimate of drug-likeness (QED) is 0.146. The Balaban J connectivity index is 1.02. The molecule has 0 aliphatic rings. The van der Waals surface area contributed by atoms with Crippen LogP contribution in [0.2, 0.25) is 0 Å². The molecule has 0 atom stereocenters. The van der Waals surface area contributed by atoms with Crippen LogP contribution < -0.4 is 0 Å². The van der Waals surface area contributed by atoms with Gasteiger partial charge in [-0.05, 0) is 120 Å². The lowest BCUT2D eigenvalue weighted by molar-refractivity contribution is 0.794. The summed E-state index contributed by atoms with van der Waals surface area (Å²) in [6, 6.07) is 76.2. The molecule has 0 unspecified atom stereocenters. The molecule has 0 saturated carbocycles. The Bertz CT molecular complexity index is 3630. The molecule has 3 heteroatoms. The van der Waals surface area contributed by atoms with E-state index >= 15 is 0 Å². The highest BCUT2D eigenvalue weighted by Crippen LogP contribution is 2.42. The van der Waals surface area contributed by atoms with Crippen LogP contribution in [0.5, 0.6) is 0 Å². The SMILES string of the molecule is CCCCc1cccc(-n2c3ccccc3c3c(-n4c5ccccc5c5cc(-c6ccc7c(c6)c6ccccc6n7-c6cccc(-c7ccccc7)c6)ccc54)cccc32)c1. The molecule has 9 aromatic carbocycles. The van der Waals surface area contributed by atoms with Crippen LogP contribution in [0.15, 0.2) is 206 Å². The van der Waals surface area contributed by atoms with E-state index in [9.17, 15) is 0 Å². The molecule has 0 spiro atoms. The van der Waals surface area contributed by atoms with Crippen LogP contribution in [0.25, 0.3) is 105 Å². The lowest BCUT2D eigenvalue weighted by Gasteiger charge is -2.12. The molecule has 61 heavy (non-hydrogen) atoms.